The highest BCUT2D eigenvalue weighted by molar-refractivity contribution is 7.11. The van der Waals surface area contributed by atoms with E-state index in [2.05, 4.69) is 10.3 Å². The Hall–Kier alpha value is -1.63. The molecule has 1 aromatic heterocycles. The fourth-order valence-electron chi connectivity index (χ4n) is 2.11. The summed E-state index contributed by atoms with van der Waals surface area (Å²) in [7, 11) is 0. The smallest absolute Gasteiger partial charge is 0.323 e. The van der Waals surface area contributed by atoms with Gasteiger partial charge in [-0.15, -0.1) is 11.3 Å². The van der Waals surface area contributed by atoms with E-state index in [1.165, 1.54) is 4.90 Å². The molecule has 0 saturated heterocycles. The Kier molecular flexibility index (Phi) is 6.14. The lowest BCUT2D eigenvalue weighted by atomic mass is 10.2. The second-order valence-corrected chi connectivity index (χ2v) is 6.76. The maximum atomic E-state index is 12.3. The van der Waals surface area contributed by atoms with Crippen molar-refractivity contribution in [3.05, 3.63) is 15.6 Å². The molecule has 1 unspecified atom stereocenters. The van der Waals surface area contributed by atoms with Gasteiger partial charge in [0.15, 0.2) is 0 Å². The highest BCUT2D eigenvalue weighted by Gasteiger charge is 2.21. The first-order valence-electron chi connectivity index (χ1n) is 6.91. The van der Waals surface area contributed by atoms with Crippen molar-refractivity contribution in [2.24, 2.45) is 5.92 Å². The number of hydrogen-bond acceptors (Lipinski definition) is 4. The van der Waals surface area contributed by atoms with E-state index in [0.717, 1.165) is 15.6 Å². The summed E-state index contributed by atoms with van der Waals surface area (Å²) in [5, 5.41) is 12.7. The number of rotatable bonds is 6. The van der Waals surface area contributed by atoms with Crippen molar-refractivity contribution in [2.75, 3.05) is 13.1 Å². The van der Waals surface area contributed by atoms with E-state index in [9.17, 15) is 9.59 Å². The Morgan fingerprint density at radius 2 is 1.95 bits per heavy atom. The normalized spacial score (nSPS) is 12.3. The van der Waals surface area contributed by atoms with Gasteiger partial charge < -0.3 is 15.3 Å². The van der Waals surface area contributed by atoms with Gasteiger partial charge >= 0.3 is 12.0 Å². The number of nitrogens with zero attached hydrogens (tertiary/aromatic N) is 2. The highest BCUT2D eigenvalue weighted by Crippen LogP contribution is 2.24. The molecular weight excluding hydrogens is 290 g/mol. The van der Waals surface area contributed by atoms with Crippen molar-refractivity contribution in [3.63, 3.8) is 0 Å². The fraction of sp³-hybridized carbons (Fsp3) is 0.643. The van der Waals surface area contributed by atoms with Gasteiger partial charge in [-0.25, -0.2) is 9.78 Å². The first-order valence-corrected chi connectivity index (χ1v) is 7.73. The van der Waals surface area contributed by atoms with Crippen LogP contribution in [-0.4, -0.2) is 40.1 Å². The molecule has 21 heavy (non-hydrogen) atoms. The van der Waals surface area contributed by atoms with E-state index >= 15 is 0 Å². The zero-order valence-electron chi connectivity index (χ0n) is 13.1. The summed E-state index contributed by atoms with van der Waals surface area (Å²) >= 11 is 1.54. The van der Waals surface area contributed by atoms with Crippen LogP contribution in [0, 0.1) is 19.8 Å². The topological polar surface area (TPSA) is 82.5 Å². The van der Waals surface area contributed by atoms with Gasteiger partial charge in [-0.1, -0.05) is 13.8 Å². The summed E-state index contributed by atoms with van der Waals surface area (Å²) in [6.45, 7) is 9.72. The molecule has 0 aliphatic carbocycles. The Bertz CT molecular complexity index is 514. The third-order valence-corrected chi connectivity index (χ3v) is 4.13. The Morgan fingerprint density at radius 3 is 2.38 bits per heavy atom. The summed E-state index contributed by atoms with van der Waals surface area (Å²) in [6.07, 6.45) is 0. The van der Waals surface area contributed by atoms with Gasteiger partial charge in [0.2, 0.25) is 0 Å². The number of amides is 2. The summed E-state index contributed by atoms with van der Waals surface area (Å²) in [5.41, 5.74) is 0.902. The van der Waals surface area contributed by atoms with Crippen molar-refractivity contribution in [1.82, 2.24) is 15.2 Å². The molecule has 1 atom stereocenters. The number of urea groups is 1. The Morgan fingerprint density at radius 1 is 1.33 bits per heavy atom. The van der Waals surface area contributed by atoms with Gasteiger partial charge in [0.1, 0.15) is 6.54 Å². The van der Waals surface area contributed by atoms with Gasteiger partial charge in [0.25, 0.3) is 0 Å². The third-order valence-electron chi connectivity index (χ3n) is 2.87. The molecule has 0 aromatic carbocycles. The van der Waals surface area contributed by atoms with Gasteiger partial charge in [0.05, 0.1) is 16.7 Å². The minimum atomic E-state index is -1.01. The number of carbonyl (C=O) groups excluding carboxylic acids is 1. The first-order chi connectivity index (χ1) is 9.70. The van der Waals surface area contributed by atoms with Gasteiger partial charge in [-0.3, -0.25) is 4.79 Å². The van der Waals surface area contributed by atoms with Crippen molar-refractivity contribution in [2.45, 2.75) is 40.7 Å². The van der Waals surface area contributed by atoms with E-state index in [1.54, 1.807) is 11.3 Å². The molecule has 1 aromatic rings. The second kappa shape index (κ2) is 7.40. The number of aliphatic carboxylic acids is 1. The lowest BCUT2D eigenvalue weighted by Gasteiger charge is -2.25. The molecular formula is C14H23N3O3S. The van der Waals surface area contributed by atoms with Crippen LogP contribution in [0.1, 0.15) is 42.4 Å². The lowest BCUT2D eigenvalue weighted by Crippen LogP contribution is -2.45. The molecule has 0 aliphatic rings. The number of aromatic nitrogens is 1. The number of carboxylic acid groups (broad SMARTS) is 1. The molecule has 0 fully saturated rings. The molecule has 0 saturated carbocycles. The van der Waals surface area contributed by atoms with Crippen LogP contribution in [0.5, 0.6) is 0 Å². The number of nitrogens with one attached hydrogen (secondary N) is 1. The van der Waals surface area contributed by atoms with Crippen LogP contribution in [0.3, 0.4) is 0 Å². The second-order valence-electron chi connectivity index (χ2n) is 5.52. The number of carboxylic acids is 1. The van der Waals surface area contributed by atoms with Crippen molar-refractivity contribution >= 4 is 23.3 Å². The molecule has 1 heterocycles. The molecule has 0 radical (unpaired) electrons. The zero-order chi connectivity index (χ0) is 16.2. The zero-order valence-corrected chi connectivity index (χ0v) is 14.0. The molecule has 0 bridgehead atoms. The SMILES string of the molecule is Cc1nc(C)c(C(C)NC(=O)N(CC(=O)O)CC(C)C)s1. The predicted octanol–water partition coefficient (Wildman–Crippen LogP) is 2.57. The summed E-state index contributed by atoms with van der Waals surface area (Å²) < 4.78 is 0. The van der Waals surface area contributed by atoms with E-state index in [1.807, 2.05) is 34.6 Å². The van der Waals surface area contributed by atoms with E-state index in [4.69, 9.17) is 5.11 Å². The van der Waals surface area contributed by atoms with Crippen LogP contribution in [0.25, 0.3) is 0 Å². The minimum Gasteiger partial charge on any atom is -0.480 e. The average molecular weight is 313 g/mol. The van der Waals surface area contributed by atoms with Gasteiger partial charge in [-0.2, -0.15) is 0 Å². The molecule has 0 aliphatic heterocycles. The Balaban J connectivity index is 2.75. The molecule has 2 amide bonds. The third kappa shape index (κ3) is 5.34. The maximum absolute atomic E-state index is 12.3. The van der Waals surface area contributed by atoms with Gasteiger partial charge in [0, 0.05) is 11.4 Å². The molecule has 118 valence electrons. The summed E-state index contributed by atoms with van der Waals surface area (Å²) in [5.74, 6) is -0.805. The highest BCUT2D eigenvalue weighted by atomic mass is 32.1. The largest absolute Gasteiger partial charge is 0.480 e. The van der Waals surface area contributed by atoms with Crippen LogP contribution >= 0.6 is 11.3 Å². The van der Waals surface area contributed by atoms with Crippen LogP contribution in [-0.2, 0) is 4.79 Å². The lowest BCUT2D eigenvalue weighted by molar-refractivity contribution is -0.137. The first kappa shape index (κ1) is 17.4. The quantitative estimate of drug-likeness (QED) is 0.845. The fourth-order valence-corrected chi connectivity index (χ4v) is 3.04. The van der Waals surface area contributed by atoms with Crippen LogP contribution in [0.2, 0.25) is 0 Å². The summed E-state index contributed by atoms with van der Waals surface area (Å²) in [6, 6.07) is -0.545. The average Bonchev–Trinajstić information content (AvgIpc) is 2.66. The molecule has 0 spiro atoms. The van der Waals surface area contributed by atoms with Crippen LogP contribution in [0.15, 0.2) is 0 Å². The molecule has 6 nitrogen and oxygen atoms in total. The predicted molar refractivity (Wildman–Crippen MR) is 82.6 cm³/mol. The van der Waals surface area contributed by atoms with Crippen molar-refractivity contribution < 1.29 is 14.7 Å². The van der Waals surface area contributed by atoms with Crippen molar-refractivity contribution in [1.29, 1.82) is 0 Å². The van der Waals surface area contributed by atoms with Crippen molar-refractivity contribution in [3.8, 4) is 0 Å². The number of aryl methyl sites for hydroxylation is 2. The van der Waals surface area contributed by atoms with Gasteiger partial charge in [-0.05, 0) is 26.7 Å². The van der Waals surface area contributed by atoms with Crippen LogP contribution in [0.4, 0.5) is 4.79 Å². The monoisotopic (exact) mass is 313 g/mol. The van der Waals surface area contributed by atoms with Crippen LogP contribution < -0.4 is 5.32 Å². The maximum Gasteiger partial charge on any atom is 0.323 e. The number of carbonyl (C=O) groups is 2. The summed E-state index contributed by atoms with van der Waals surface area (Å²) in [4.78, 5) is 29.8. The molecule has 7 heteroatoms. The minimum absolute atomic E-state index is 0.188. The molecule has 1 rings (SSSR count). The number of hydrogen-bond donors (Lipinski definition) is 2. The molecule has 2 N–H and O–H groups in total. The van der Waals surface area contributed by atoms with E-state index in [0.29, 0.717) is 6.54 Å². The Labute approximate surface area is 129 Å². The van der Waals surface area contributed by atoms with E-state index in [-0.39, 0.29) is 24.5 Å². The van der Waals surface area contributed by atoms with E-state index < -0.39 is 5.97 Å². The standard InChI is InChI=1S/C14H23N3O3S/c1-8(2)6-17(7-12(18)19)14(20)16-10(4)13-9(3)15-11(5)21-13/h8,10H,6-7H2,1-5H3,(H,16,20)(H,18,19). The number of thiazole rings is 1.